The number of fused-ring (bicyclic) bond motifs is 1. The van der Waals surface area contributed by atoms with Crippen LogP contribution in [0.1, 0.15) is 26.7 Å². The van der Waals surface area contributed by atoms with Crippen molar-refractivity contribution in [1.29, 1.82) is 0 Å². The minimum Gasteiger partial charge on any atom is -0.481 e. The van der Waals surface area contributed by atoms with Gasteiger partial charge in [-0.15, -0.1) is 5.10 Å². The first-order valence-corrected chi connectivity index (χ1v) is 10.0. The molecule has 0 aliphatic carbocycles. The highest BCUT2D eigenvalue weighted by atomic mass is 16.6. The zero-order chi connectivity index (χ0) is 21.1. The first-order chi connectivity index (χ1) is 14.6. The Morgan fingerprint density at radius 3 is 2.93 bits per heavy atom. The highest BCUT2D eigenvalue weighted by molar-refractivity contribution is 5.69. The smallest absolute Gasteiger partial charge is 0.410 e. The quantitative estimate of drug-likeness (QED) is 0.615. The van der Waals surface area contributed by atoms with E-state index in [1.54, 1.807) is 35.0 Å². The van der Waals surface area contributed by atoms with Crippen LogP contribution < -0.4 is 9.47 Å². The van der Waals surface area contributed by atoms with E-state index in [9.17, 15) is 4.79 Å². The maximum atomic E-state index is 12.3. The normalized spacial score (nSPS) is 16.3. The van der Waals surface area contributed by atoms with Crippen LogP contribution in [0.3, 0.4) is 0 Å². The summed E-state index contributed by atoms with van der Waals surface area (Å²) >= 11 is 0. The lowest BCUT2D eigenvalue weighted by Gasteiger charge is -2.24. The molecule has 1 saturated heterocycles. The lowest BCUT2D eigenvalue weighted by molar-refractivity contribution is 0.0651. The average molecular weight is 411 g/mol. The maximum absolute atomic E-state index is 12.3. The van der Waals surface area contributed by atoms with Crippen LogP contribution in [-0.2, 0) is 4.74 Å². The number of amides is 1. The van der Waals surface area contributed by atoms with Crippen LogP contribution in [0.5, 0.6) is 11.8 Å². The van der Waals surface area contributed by atoms with Gasteiger partial charge in [-0.1, -0.05) is 0 Å². The highest BCUT2D eigenvalue weighted by Crippen LogP contribution is 2.28. The van der Waals surface area contributed by atoms with Crippen molar-refractivity contribution in [1.82, 2.24) is 24.5 Å². The molecule has 4 rings (SSSR count). The van der Waals surface area contributed by atoms with Crippen molar-refractivity contribution in [2.24, 2.45) is 0 Å². The van der Waals surface area contributed by atoms with E-state index in [2.05, 4.69) is 15.1 Å². The minimum atomic E-state index is -0.292. The SMILES string of the molecule is COc1ncccc1-c1cnc2ccc(OC[C@@H]3CCCN3C(=O)OC(C)C)nn12. The number of pyridine rings is 1. The van der Waals surface area contributed by atoms with E-state index < -0.39 is 0 Å². The molecule has 0 saturated carbocycles. The van der Waals surface area contributed by atoms with Crippen molar-refractivity contribution in [3.8, 4) is 23.0 Å². The Hall–Kier alpha value is -3.36. The number of hydrogen-bond donors (Lipinski definition) is 0. The second-order valence-corrected chi connectivity index (χ2v) is 7.38. The average Bonchev–Trinajstić information content (AvgIpc) is 3.38. The van der Waals surface area contributed by atoms with Crippen LogP contribution in [0.4, 0.5) is 4.79 Å². The largest absolute Gasteiger partial charge is 0.481 e. The Kier molecular flexibility index (Phi) is 5.69. The molecule has 0 spiro atoms. The number of carbonyl (C=O) groups is 1. The number of rotatable bonds is 6. The van der Waals surface area contributed by atoms with E-state index in [0.29, 0.717) is 30.6 Å². The van der Waals surface area contributed by atoms with Crippen molar-refractivity contribution in [2.75, 3.05) is 20.3 Å². The van der Waals surface area contributed by atoms with E-state index in [0.717, 1.165) is 24.1 Å². The van der Waals surface area contributed by atoms with Crippen molar-refractivity contribution in [3.05, 3.63) is 36.7 Å². The molecule has 158 valence electrons. The second kappa shape index (κ2) is 8.56. The van der Waals surface area contributed by atoms with Crippen LogP contribution in [0.2, 0.25) is 0 Å². The molecule has 1 aliphatic heterocycles. The lowest BCUT2D eigenvalue weighted by atomic mass is 10.2. The molecule has 1 atom stereocenters. The molecule has 0 aromatic carbocycles. The molecule has 0 radical (unpaired) electrons. The molecule has 0 unspecified atom stereocenters. The Balaban J connectivity index is 1.52. The Labute approximate surface area is 174 Å². The number of methoxy groups -OCH3 is 1. The molecule has 1 amide bonds. The Morgan fingerprint density at radius 2 is 2.13 bits per heavy atom. The van der Waals surface area contributed by atoms with Gasteiger partial charge in [0, 0.05) is 18.8 Å². The third-order valence-electron chi connectivity index (χ3n) is 4.95. The van der Waals surface area contributed by atoms with E-state index in [4.69, 9.17) is 14.2 Å². The number of carbonyl (C=O) groups excluding carboxylic acids is 1. The monoisotopic (exact) mass is 411 g/mol. The Bertz CT molecular complexity index is 1040. The predicted molar refractivity (Wildman–Crippen MR) is 110 cm³/mol. The van der Waals surface area contributed by atoms with Gasteiger partial charge in [-0.2, -0.15) is 0 Å². The standard InChI is InChI=1S/C21H25N5O4/c1-14(2)30-21(27)25-11-5-6-15(25)13-29-19-9-8-18-23-12-17(26(18)24-19)16-7-4-10-22-20(16)28-3/h4,7-10,12,14-15H,5-6,11,13H2,1-3H3/t15-/m0/s1. The summed E-state index contributed by atoms with van der Waals surface area (Å²) in [5.41, 5.74) is 2.23. The summed E-state index contributed by atoms with van der Waals surface area (Å²) in [5, 5.41) is 4.58. The third-order valence-corrected chi connectivity index (χ3v) is 4.95. The van der Waals surface area contributed by atoms with Crippen LogP contribution in [-0.4, -0.2) is 63.0 Å². The Morgan fingerprint density at radius 1 is 1.27 bits per heavy atom. The van der Waals surface area contributed by atoms with Crippen molar-refractivity contribution < 1.29 is 19.0 Å². The van der Waals surface area contributed by atoms with E-state index in [-0.39, 0.29) is 18.2 Å². The molecule has 1 fully saturated rings. The topological polar surface area (TPSA) is 91.1 Å². The van der Waals surface area contributed by atoms with Crippen LogP contribution in [0.25, 0.3) is 16.9 Å². The number of hydrogen-bond acceptors (Lipinski definition) is 7. The number of nitrogens with zero attached hydrogens (tertiary/aromatic N) is 5. The molecule has 3 aromatic heterocycles. The molecule has 3 aromatic rings. The maximum Gasteiger partial charge on any atom is 0.410 e. The summed E-state index contributed by atoms with van der Waals surface area (Å²) in [5.74, 6) is 0.950. The van der Waals surface area contributed by atoms with Gasteiger partial charge >= 0.3 is 6.09 Å². The van der Waals surface area contributed by atoms with Gasteiger partial charge in [0.25, 0.3) is 0 Å². The number of imidazole rings is 1. The van der Waals surface area contributed by atoms with Gasteiger partial charge in [0.2, 0.25) is 11.8 Å². The molecular formula is C21H25N5O4. The first-order valence-electron chi connectivity index (χ1n) is 10.0. The fourth-order valence-electron chi connectivity index (χ4n) is 3.57. The van der Waals surface area contributed by atoms with Gasteiger partial charge in [-0.25, -0.2) is 19.3 Å². The van der Waals surface area contributed by atoms with Gasteiger partial charge in [-0.3, -0.25) is 0 Å². The van der Waals surface area contributed by atoms with E-state index in [1.807, 2.05) is 32.0 Å². The number of aromatic nitrogens is 4. The summed E-state index contributed by atoms with van der Waals surface area (Å²) in [7, 11) is 1.58. The van der Waals surface area contributed by atoms with Crippen LogP contribution in [0.15, 0.2) is 36.7 Å². The van der Waals surface area contributed by atoms with Gasteiger partial charge in [0.15, 0.2) is 5.65 Å². The number of likely N-dealkylation sites (tertiary alicyclic amines) is 1. The van der Waals surface area contributed by atoms with Gasteiger partial charge in [-0.05, 0) is 44.9 Å². The zero-order valence-electron chi connectivity index (χ0n) is 17.3. The molecule has 4 heterocycles. The molecule has 1 aliphatic rings. The van der Waals surface area contributed by atoms with Crippen LogP contribution >= 0.6 is 0 Å². The predicted octanol–water partition coefficient (Wildman–Crippen LogP) is 3.19. The fraction of sp³-hybridized carbons (Fsp3) is 0.429. The molecule has 0 bridgehead atoms. The highest BCUT2D eigenvalue weighted by Gasteiger charge is 2.31. The molecule has 0 N–H and O–H groups in total. The van der Waals surface area contributed by atoms with Crippen molar-refractivity contribution in [2.45, 2.75) is 38.8 Å². The fourth-order valence-corrected chi connectivity index (χ4v) is 3.57. The van der Waals surface area contributed by atoms with Gasteiger partial charge < -0.3 is 19.1 Å². The first kappa shape index (κ1) is 19.9. The van der Waals surface area contributed by atoms with Crippen molar-refractivity contribution in [3.63, 3.8) is 0 Å². The van der Waals surface area contributed by atoms with Crippen molar-refractivity contribution >= 4 is 11.7 Å². The van der Waals surface area contributed by atoms with Gasteiger partial charge in [0.1, 0.15) is 6.61 Å². The van der Waals surface area contributed by atoms with E-state index in [1.165, 1.54) is 0 Å². The zero-order valence-corrected chi connectivity index (χ0v) is 17.3. The molecular weight excluding hydrogens is 386 g/mol. The van der Waals surface area contributed by atoms with E-state index >= 15 is 0 Å². The summed E-state index contributed by atoms with van der Waals surface area (Å²) in [6, 6.07) is 7.32. The van der Waals surface area contributed by atoms with Gasteiger partial charge in [0.05, 0.1) is 36.7 Å². The summed E-state index contributed by atoms with van der Waals surface area (Å²) < 4.78 is 18.3. The molecule has 9 heteroatoms. The number of ether oxygens (including phenoxy) is 3. The minimum absolute atomic E-state index is 0.0329. The molecule has 9 nitrogen and oxygen atoms in total. The van der Waals surface area contributed by atoms with Crippen LogP contribution in [0, 0.1) is 0 Å². The summed E-state index contributed by atoms with van der Waals surface area (Å²) in [4.78, 5) is 22.7. The lowest BCUT2D eigenvalue weighted by Crippen LogP contribution is -2.40. The third kappa shape index (κ3) is 4.00. The summed E-state index contributed by atoms with van der Waals surface area (Å²) in [6.45, 7) is 4.72. The second-order valence-electron chi connectivity index (χ2n) is 7.38. The molecule has 30 heavy (non-hydrogen) atoms. The summed E-state index contributed by atoms with van der Waals surface area (Å²) in [6.07, 6.45) is 4.77.